The van der Waals surface area contributed by atoms with Crippen molar-refractivity contribution in [2.75, 3.05) is 7.11 Å². The zero-order chi connectivity index (χ0) is 15.3. The number of aryl methyl sites for hydroxylation is 1. The van der Waals surface area contributed by atoms with Crippen LogP contribution in [0.4, 0.5) is 0 Å². The van der Waals surface area contributed by atoms with Gasteiger partial charge in [0.25, 0.3) is 0 Å². The van der Waals surface area contributed by atoms with Crippen LogP contribution in [0.1, 0.15) is 50.8 Å². The summed E-state index contributed by atoms with van der Waals surface area (Å²) in [6.45, 7) is 12.0. The molecule has 3 heteroatoms. The van der Waals surface area contributed by atoms with Crippen molar-refractivity contribution in [2.45, 2.75) is 64.8 Å². The largest absolute Gasteiger partial charge is 0.496 e. The quantitative estimate of drug-likeness (QED) is 0.900. The monoisotopic (exact) mass is 278 g/mol. The number of hydrogen-bond donors (Lipinski definition) is 1. The van der Waals surface area contributed by atoms with Crippen molar-refractivity contribution in [1.29, 1.82) is 0 Å². The highest BCUT2D eigenvalue weighted by Gasteiger charge is 2.58. The Balaban J connectivity index is 2.64. The molecule has 0 radical (unpaired) electrons. The topological polar surface area (TPSA) is 38.7 Å². The molecule has 1 aliphatic rings. The van der Waals surface area contributed by atoms with Crippen molar-refractivity contribution < 1.29 is 14.6 Å². The van der Waals surface area contributed by atoms with Crippen LogP contribution in [-0.2, 0) is 10.3 Å². The van der Waals surface area contributed by atoms with E-state index in [9.17, 15) is 5.11 Å². The van der Waals surface area contributed by atoms with E-state index < -0.39 is 11.2 Å². The van der Waals surface area contributed by atoms with E-state index in [0.29, 0.717) is 6.42 Å². The van der Waals surface area contributed by atoms with Crippen LogP contribution in [0.25, 0.3) is 0 Å². The second-order valence-electron chi connectivity index (χ2n) is 7.00. The summed E-state index contributed by atoms with van der Waals surface area (Å²) in [5.41, 5.74) is 0.969. The van der Waals surface area contributed by atoms with Crippen molar-refractivity contribution >= 4 is 0 Å². The smallest absolute Gasteiger partial charge is 0.128 e. The lowest BCUT2D eigenvalue weighted by atomic mass is 9.76. The number of rotatable bonds is 2. The van der Waals surface area contributed by atoms with Crippen molar-refractivity contribution in [3.8, 4) is 5.75 Å². The van der Waals surface area contributed by atoms with Gasteiger partial charge >= 0.3 is 0 Å². The van der Waals surface area contributed by atoms with Crippen molar-refractivity contribution in [3.05, 3.63) is 28.8 Å². The zero-order valence-corrected chi connectivity index (χ0v) is 13.6. The van der Waals surface area contributed by atoms with Gasteiger partial charge in [0.05, 0.1) is 18.3 Å². The molecule has 1 heterocycles. The van der Waals surface area contributed by atoms with Crippen LogP contribution in [-0.4, -0.2) is 23.4 Å². The average molecular weight is 278 g/mol. The van der Waals surface area contributed by atoms with E-state index in [4.69, 9.17) is 9.47 Å². The van der Waals surface area contributed by atoms with Gasteiger partial charge in [-0.1, -0.05) is 12.1 Å². The third kappa shape index (κ3) is 2.13. The van der Waals surface area contributed by atoms with Gasteiger partial charge in [-0.05, 0) is 52.7 Å². The lowest BCUT2D eigenvalue weighted by molar-refractivity contribution is -0.130. The molecule has 0 spiro atoms. The minimum absolute atomic E-state index is 0.359. The van der Waals surface area contributed by atoms with E-state index in [1.807, 2.05) is 53.7 Å². The molecule has 1 aromatic carbocycles. The molecule has 20 heavy (non-hydrogen) atoms. The van der Waals surface area contributed by atoms with Gasteiger partial charge in [-0.25, -0.2) is 0 Å². The molecule has 1 saturated heterocycles. The maximum absolute atomic E-state index is 11.3. The molecule has 2 rings (SSSR count). The standard InChI is InChI=1S/C17H26O3/c1-11-8-9-13(14(19-7)12(11)2)17(18)10-15(3,4)20-16(17,5)6/h8-9,18H,10H2,1-7H3. The number of benzene rings is 1. The fraction of sp³-hybridized carbons (Fsp3) is 0.647. The Labute approximate surface area is 121 Å². The Bertz CT molecular complexity index is 531. The van der Waals surface area contributed by atoms with Gasteiger partial charge in [-0.2, -0.15) is 0 Å². The summed E-state index contributed by atoms with van der Waals surface area (Å²) in [5.74, 6) is 0.766. The van der Waals surface area contributed by atoms with Gasteiger partial charge in [0.1, 0.15) is 11.4 Å². The summed E-state index contributed by atoms with van der Waals surface area (Å²) in [4.78, 5) is 0. The minimum Gasteiger partial charge on any atom is -0.496 e. The lowest BCUT2D eigenvalue weighted by Crippen LogP contribution is -2.43. The van der Waals surface area contributed by atoms with Crippen LogP contribution in [0.3, 0.4) is 0 Å². The predicted octanol–water partition coefficient (Wildman–Crippen LogP) is 3.48. The Morgan fingerprint density at radius 1 is 1.15 bits per heavy atom. The molecule has 1 atom stereocenters. The SMILES string of the molecule is COc1c(C2(O)CC(C)(C)OC2(C)C)ccc(C)c1C. The first-order valence-corrected chi connectivity index (χ1v) is 7.11. The van der Waals surface area contributed by atoms with E-state index in [-0.39, 0.29) is 5.60 Å². The average Bonchev–Trinajstić information content (AvgIpc) is 2.46. The molecule has 1 aliphatic heterocycles. The Kier molecular flexibility index (Phi) is 3.43. The third-order valence-corrected chi connectivity index (χ3v) is 4.54. The summed E-state index contributed by atoms with van der Waals surface area (Å²) >= 11 is 0. The first-order valence-electron chi connectivity index (χ1n) is 7.11. The van der Waals surface area contributed by atoms with Crippen molar-refractivity contribution in [1.82, 2.24) is 0 Å². The van der Waals surface area contributed by atoms with Gasteiger partial charge in [-0.15, -0.1) is 0 Å². The lowest BCUT2D eigenvalue weighted by Gasteiger charge is -2.36. The van der Waals surface area contributed by atoms with Crippen LogP contribution in [0.15, 0.2) is 12.1 Å². The molecule has 0 saturated carbocycles. The summed E-state index contributed by atoms with van der Waals surface area (Å²) in [7, 11) is 1.66. The summed E-state index contributed by atoms with van der Waals surface area (Å²) < 4.78 is 11.7. The Morgan fingerprint density at radius 3 is 2.20 bits per heavy atom. The van der Waals surface area contributed by atoms with Crippen LogP contribution >= 0.6 is 0 Å². The molecule has 1 aromatic rings. The molecule has 1 unspecified atom stereocenters. The molecule has 0 bridgehead atoms. The number of methoxy groups -OCH3 is 1. The molecule has 0 amide bonds. The van der Waals surface area contributed by atoms with Gasteiger partial charge < -0.3 is 14.6 Å². The Hall–Kier alpha value is -1.06. The normalized spacial score (nSPS) is 27.6. The molecule has 0 aromatic heterocycles. The summed E-state index contributed by atoms with van der Waals surface area (Å²) in [6.07, 6.45) is 0.547. The van der Waals surface area contributed by atoms with E-state index in [1.54, 1.807) is 7.11 Å². The molecule has 1 fully saturated rings. The molecule has 112 valence electrons. The molecule has 1 N–H and O–H groups in total. The van der Waals surface area contributed by atoms with Gasteiger partial charge in [0.2, 0.25) is 0 Å². The molecule has 0 aliphatic carbocycles. The second-order valence-corrected chi connectivity index (χ2v) is 7.00. The van der Waals surface area contributed by atoms with Gasteiger partial charge in [-0.3, -0.25) is 0 Å². The first kappa shape index (κ1) is 15.3. The third-order valence-electron chi connectivity index (χ3n) is 4.54. The van der Waals surface area contributed by atoms with Crippen LogP contribution in [0.5, 0.6) is 5.75 Å². The van der Waals surface area contributed by atoms with Gasteiger partial charge in [0.15, 0.2) is 0 Å². The zero-order valence-electron chi connectivity index (χ0n) is 13.6. The first-order chi connectivity index (χ1) is 9.04. The van der Waals surface area contributed by atoms with Crippen LogP contribution in [0, 0.1) is 13.8 Å². The van der Waals surface area contributed by atoms with E-state index in [1.165, 1.54) is 0 Å². The Morgan fingerprint density at radius 2 is 1.75 bits per heavy atom. The fourth-order valence-corrected chi connectivity index (χ4v) is 3.44. The number of ether oxygens (including phenoxy) is 2. The fourth-order valence-electron chi connectivity index (χ4n) is 3.44. The minimum atomic E-state index is -1.06. The highest BCUT2D eigenvalue weighted by atomic mass is 16.5. The number of hydrogen-bond acceptors (Lipinski definition) is 3. The molecular weight excluding hydrogens is 252 g/mol. The van der Waals surface area contributed by atoms with Crippen molar-refractivity contribution in [3.63, 3.8) is 0 Å². The number of aliphatic hydroxyl groups is 1. The van der Waals surface area contributed by atoms with Crippen LogP contribution in [0.2, 0.25) is 0 Å². The maximum atomic E-state index is 11.3. The van der Waals surface area contributed by atoms with E-state index >= 15 is 0 Å². The molecular formula is C17H26O3. The van der Waals surface area contributed by atoms with E-state index in [0.717, 1.165) is 22.4 Å². The highest BCUT2D eigenvalue weighted by molar-refractivity contribution is 5.49. The van der Waals surface area contributed by atoms with Gasteiger partial charge in [0, 0.05) is 12.0 Å². The predicted molar refractivity (Wildman–Crippen MR) is 80.2 cm³/mol. The highest BCUT2D eigenvalue weighted by Crippen LogP contribution is 2.53. The van der Waals surface area contributed by atoms with Crippen LogP contribution < -0.4 is 4.74 Å². The van der Waals surface area contributed by atoms with Crippen molar-refractivity contribution in [2.24, 2.45) is 0 Å². The summed E-state index contributed by atoms with van der Waals surface area (Å²) in [6, 6.07) is 4.00. The summed E-state index contributed by atoms with van der Waals surface area (Å²) in [5, 5.41) is 11.3. The maximum Gasteiger partial charge on any atom is 0.128 e. The van der Waals surface area contributed by atoms with E-state index in [2.05, 4.69) is 0 Å². The second kappa shape index (κ2) is 4.47. The molecule has 3 nitrogen and oxygen atoms in total.